The van der Waals surface area contributed by atoms with Crippen molar-refractivity contribution in [3.63, 3.8) is 0 Å². The van der Waals surface area contributed by atoms with E-state index in [9.17, 15) is 0 Å². The molecule has 58 valence electrons. The van der Waals surface area contributed by atoms with Crippen LogP contribution in [-0.2, 0) is 0 Å². The van der Waals surface area contributed by atoms with Crippen LogP contribution in [0.1, 0.15) is 13.8 Å². The minimum atomic E-state index is 0.682. The zero-order chi connectivity index (χ0) is 7.98. The van der Waals surface area contributed by atoms with E-state index in [0.717, 1.165) is 5.03 Å². The summed E-state index contributed by atoms with van der Waals surface area (Å²) in [5.74, 6) is 0. The third-order valence-corrected chi connectivity index (χ3v) is 1.11. The van der Waals surface area contributed by atoms with Crippen LogP contribution >= 0.6 is 11.6 Å². The minimum Gasteiger partial charge on any atom is -0.398 e. The van der Waals surface area contributed by atoms with Gasteiger partial charge in [0.25, 0.3) is 0 Å². The number of allylic oxidation sites excluding steroid dienone is 1. The summed E-state index contributed by atoms with van der Waals surface area (Å²) in [6, 6.07) is 0. The van der Waals surface area contributed by atoms with Crippen molar-refractivity contribution in [1.82, 2.24) is 5.32 Å². The molecule has 0 saturated heterocycles. The molecule has 2 nitrogen and oxygen atoms in total. The van der Waals surface area contributed by atoms with E-state index >= 15 is 0 Å². The minimum absolute atomic E-state index is 0.682. The van der Waals surface area contributed by atoms with Crippen LogP contribution in [0.2, 0.25) is 0 Å². The molecule has 3 N–H and O–H groups in total. The topological polar surface area (TPSA) is 38.0 Å². The van der Waals surface area contributed by atoms with E-state index in [1.165, 1.54) is 0 Å². The molecule has 0 atom stereocenters. The van der Waals surface area contributed by atoms with Crippen LogP contribution in [0.4, 0.5) is 0 Å². The number of halogens is 1. The Bertz CT molecular complexity index is 150. The van der Waals surface area contributed by atoms with E-state index in [1.54, 1.807) is 12.3 Å². The molecule has 3 heteroatoms. The second kappa shape index (κ2) is 5.18. The molecule has 0 aromatic rings. The van der Waals surface area contributed by atoms with Gasteiger partial charge in [-0.2, -0.15) is 0 Å². The first-order valence-corrected chi connectivity index (χ1v) is 3.72. The van der Waals surface area contributed by atoms with Crippen molar-refractivity contribution >= 4 is 11.6 Å². The monoisotopic (exact) mass is 160 g/mol. The van der Waals surface area contributed by atoms with Crippen LogP contribution in [0.5, 0.6) is 0 Å². The number of nitrogens with one attached hydrogen (secondary N) is 1. The first kappa shape index (κ1) is 9.37. The fourth-order valence-electron chi connectivity index (χ4n) is 0.540. The van der Waals surface area contributed by atoms with Crippen LogP contribution < -0.4 is 11.1 Å². The zero-order valence-corrected chi connectivity index (χ0v) is 7.07. The van der Waals surface area contributed by atoms with E-state index in [4.69, 9.17) is 17.3 Å². The van der Waals surface area contributed by atoms with Crippen LogP contribution in [-0.4, -0.2) is 6.54 Å². The summed E-state index contributed by atoms with van der Waals surface area (Å²) in [7, 11) is 0. The Hall–Kier alpha value is -0.630. The van der Waals surface area contributed by atoms with Crippen LogP contribution in [0, 0.1) is 0 Å². The number of hydrogen-bond acceptors (Lipinski definition) is 2. The molecule has 0 aromatic heterocycles. The molecule has 0 bridgehead atoms. The lowest BCUT2D eigenvalue weighted by Gasteiger charge is -2.05. The Morgan fingerprint density at radius 1 is 1.60 bits per heavy atom. The first-order valence-electron chi connectivity index (χ1n) is 3.34. The number of rotatable bonds is 0. The highest BCUT2D eigenvalue weighted by atomic mass is 35.5. The predicted molar refractivity (Wildman–Crippen MR) is 45.6 cm³/mol. The van der Waals surface area contributed by atoms with Crippen molar-refractivity contribution < 1.29 is 0 Å². The molecule has 0 spiro atoms. The van der Waals surface area contributed by atoms with E-state index < -0.39 is 0 Å². The largest absolute Gasteiger partial charge is 0.398 e. The first-order chi connectivity index (χ1) is 4.79. The molecular formula is C7H13ClN2. The molecule has 1 rings (SSSR count). The van der Waals surface area contributed by atoms with Crippen molar-refractivity contribution in [1.29, 1.82) is 0 Å². The second-order valence-electron chi connectivity index (χ2n) is 1.62. The maximum Gasteiger partial charge on any atom is 0.0503 e. The number of dihydropyridines is 1. The predicted octanol–water partition coefficient (Wildman–Crippen LogP) is 1.54. The normalized spacial score (nSPS) is 15.5. The summed E-state index contributed by atoms with van der Waals surface area (Å²) in [6.45, 7) is 4.70. The molecule has 0 radical (unpaired) electrons. The lowest BCUT2D eigenvalue weighted by Crippen LogP contribution is -2.15. The highest BCUT2D eigenvalue weighted by Crippen LogP contribution is 2.04. The number of nitrogens with two attached hydrogens (primary N) is 1. The van der Waals surface area contributed by atoms with Crippen molar-refractivity contribution in [2.45, 2.75) is 13.8 Å². The molecule has 0 unspecified atom stereocenters. The van der Waals surface area contributed by atoms with Crippen molar-refractivity contribution in [2.75, 3.05) is 6.54 Å². The zero-order valence-electron chi connectivity index (χ0n) is 6.32. The highest BCUT2D eigenvalue weighted by Gasteiger charge is 1.95. The smallest absolute Gasteiger partial charge is 0.0503 e. The molecular weight excluding hydrogens is 148 g/mol. The Kier molecular flexibility index (Phi) is 4.85. The SMILES string of the molecule is CC.NC1=CNCC(Cl)=C1. The van der Waals surface area contributed by atoms with Crippen molar-refractivity contribution in [2.24, 2.45) is 5.73 Å². The Balaban J connectivity index is 0.000000371. The van der Waals surface area contributed by atoms with Crippen molar-refractivity contribution in [3.05, 3.63) is 23.0 Å². The van der Waals surface area contributed by atoms with E-state index in [1.807, 2.05) is 13.8 Å². The molecule has 10 heavy (non-hydrogen) atoms. The number of hydrogen-bond donors (Lipinski definition) is 2. The maximum absolute atomic E-state index is 5.59. The average Bonchev–Trinajstić information content (AvgIpc) is 1.91. The molecule has 0 saturated carbocycles. The van der Waals surface area contributed by atoms with E-state index in [2.05, 4.69) is 5.32 Å². The van der Waals surface area contributed by atoms with Crippen molar-refractivity contribution in [3.8, 4) is 0 Å². The Labute approximate surface area is 66.7 Å². The van der Waals surface area contributed by atoms with Crippen LogP contribution in [0.3, 0.4) is 0 Å². The lowest BCUT2D eigenvalue weighted by molar-refractivity contribution is 0.937. The van der Waals surface area contributed by atoms with E-state index in [-0.39, 0.29) is 0 Å². The van der Waals surface area contributed by atoms with E-state index in [0.29, 0.717) is 12.2 Å². The fraction of sp³-hybridized carbons (Fsp3) is 0.429. The van der Waals surface area contributed by atoms with Gasteiger partial charge in [0.2, 0.25) is 0 Å². The van der Waals surface area contributed by atoms with Gasteiger partial charge < -0.3 is 11.1 Å². The van der Waals surface area contributed by atoms with Crippen LogP contribution in [0.25, 0.3) is 0 Å². The maximum atomic E-state index is 5.59. The quantitative estimate of drug-likeness (QED) is 0.564. The average molecular weight is 161 g/mol. The van der Waals surface area contributed by atoms with Gasteiger partial charge in [-0.05, 0) is 6.08 Å². The van der Waals surface area contributed by atoms with Gasteiger partial charge in [0.05, 0.1) is 6.54 Å². The molecule has 0 fully saturated rings. The standard InChI is InChI=1S/C5H7ClN2.C2H6/c6-4-1-5(7)3-8-2-4;1-2/h1,3,8H,2,7H2;1-2H3. The molecule has 1 heterocycles. The summed E-state index contributed by atoms with van der Waals surface area (Å²) in [4.78, 5) is 0. The molecule has 0 amide bonds. The summed E-state index contributed by atoms with van der Waals surface area (Å²) < 4.78 is 0. The summed E-state index contributed by atoms with van der Waals surface area (Å²) in [6.07, 6.45) is 3.46. The molecule has 0 aliphatic carbocycles. The van der Waals surface area contributed by atoms with Gasteiger partial charge in [0.1, 0.15) is 0 Å². The second-order valence-corrected chi connectivity index (χ2v) is 2.10. The Morgan fingerprint density at radius 2 is 2.20 bits per heavy atom. The molecule has 1 aliphatic rings. The fourth-order valence-corrected chi connectivity index (χ4v) is 0.743. The van der Waals surface area contributed by atoms with Gasteiger partial charge in [0, 0.05) is 16.9 Å². The van der Waals surface area contributed by atoms with Gasteiger partial charge in [-0.15, -0.1) is 0 Å². The third-order valence-electron chi connectivity index (χ3n) is 0.863. The molecule has 0 aromatic carbocycles. The van der Waals surface area contributed by atoms with Gasteiger partial charge in [0.15, 0.2) is 0 Å². The van der Waals surface area contributed by atoms with Gasteiger partial charge in [-0.3, -0.25) is 0 Å². The Morgan fingerprint density at radius 3 is 2.50 bits per heavy atom. The lowest BCUT2D eigenvalue weighted by atomic mass is 10.3. The molecule has 1 aliphatic heterocycles. The van der Waals surface area contributed by atoms with Gasteiger partial charge in [-0.25, -0.2) is 0 Å². The summed E-state index contributed by atoms with van der Waals surface area (Å²) in [5, 5.41) is 3.65. The third kappa shape index (κ3) is 3.41. The van der Waals surface area contributed by atoms with Gasteiger partial charge >= 0.3 is 0 Å². The van der Waals surface area contributed by atoms with Crippen LogP contribution in [0.15, 0.2) is 23.0 Å². The summed E-state index contributed by atoms with van der Waals surface area (Å²) in [5.41, 5.74) is 6.04. The summed E-state index contributed by atoms with van der Waals surface area (Å²) >= 11 is 5.59. The van der Waals surface area contributed by atoms with Gasteiger partial charge in [-0.1, -0.05) is 25.4 Å². The highest BCUT2D eigenvalue weighted by molar-refractivity contribution is 6.30.